The second-order valence-corrected chi connectivity index (χ2v) is 5.25. The molecular weight excluding hydrogens is 230 g/mol. The SMILES string of the molecule is CSCC(C)NCc1cc(C(=O)O)cs1. The van der Waals surface area contributed by atoms with Crippen LogP contribution in [0.4, 0.5) is 0 Å². The van der Waals surface area contributed by atoms with Crippen LogP contribution < -0.4 is 5.32 Å². The van der Waals surface area contributed by atoms with Crippen molar-refractivity contribution in [1.29, 1.82) is 0 Å². The maximum absolute atomic E-state index is 10.6. The van der Waals surface area contributed by atoms with E-state index in [9.17, 15) is 4.79 Å². The van der Waals surface area contributed by atoms with E-state index in [-0.39, 0.29) is 0 Å². The summed E-state index contributed by atoms with van der Waals surface area (Å²) in [5.74, 6) is 0.214. The summed E-state index contributed by atoms with van der Waals surface area (Å²) >= 11 is 3.29. The van der Waals surface area contributed by atoms with Gasteiger partial charge in [-0.3, -0.25) is 0 Å². The van der Waals surface area contributed by atoms with Crippen molar-refractivity contribution in [3.05, 3.63) is 21.9 Å². The molecule has 0 saturated carbocycles. The van der Waals surface area contributed by atoms with Crippen LogP contribution in [-0.4, -0.2) is 29.1 Å². The molecule has 0 bridgehead atoms. The number of carboxylic acid groups (broad SMARTS) is 1. The van der Waals surface area contributed by atoms with E-state index in [1.54, 1.807) is 23.2 Å². The zero-order chi connectivity index (χ0) is 11.3. The third-order valence-corrected chi connectivity index (χ3v) is 3.71. The van der Waals surface area contributed by atoms with Gasteiger partial charge in [0, 0.05) is 28.6 Å². The number of thiophene rings is 1. The average Bonchev–Trinajstić information content (AvgIpc) is 2.63. The van der Waals surface area contributed by atoms with Gasteiger partial charge in [-0.05, 0) is 19.2 Å². The Labute approximate surface area is 97.9 Å². The van der Waals surface area contributed by atoms with Crippen LogP contribution in [0.1, 0.15) is 22.2 Å². The van der Waals surface area contributed by atoms with Gasteiger partial charge in [-0.1, -0.05) is 0 Å². The summed E-state index contributed by atoms with van der Waals surface area (Å²) in [5.41, 5.74) is 0.384. The van der Waals surface area contributed by atoms with Gasteiger partial charge in [0.1, 0.15) is 0 Å². The highest BCUT2D eigenvalue weighted by Gasteiger charge is 2.07. The molecule has 15 heavy (non-hydrogen) atoms. The molecule has 3 nitrogen and oxygen atoms in total. The van der Waals surface area contributed by atoms with Crippen molar-refractivity contribution in [3.63, 3.8) is 0 Å². The summed E-state index contributed by atoms with van der Waals surface area (Å²) in [6.07, 6.45) is 2.08. The number of carboxylic acids is 1. The number of hydrogen-bond donors (Lipinski definition) is 2. The van der Waals surface area contributed by atoms with Crippen molar-refractivity contribution in [2.24, 2.45) is 0 Å². The number of rotatable bonds is 6. The largest absolute Gasteiger partial charge is 0.478 e. The van der Waals surface area contributed by atoms with E-state index in [0.717, 1.165) is 17.2 Å². The lowest BCUT2D eigenvalue weighted by Crippen LogP contribution is -2.27. The molecule has 1 atom stereocenters. The summed E-state index contributed by atoms with van der Waals surface area (Å²) in [6.45, 7) is 2.88. The Morgan fingerprint density at radius 2 is 2.47 bits per heavy atom. The normalized spacial score (nSPS) is 12.7. The monoisotopic (exact) mass is 245 g/mol. The molecule has 0 aromatic carbocycles. The van der Waals surface area contributed by atoms with Gasteiger partial charge in [0.2, 0.25) is 0 Å². The van der Waals surface area contributed by atoms with Crippen LogP contribution in [0.25, 0.3) is 0 Å². The molecule has 2 N–H and O–H groups in total. The first kappa shape index (κ1) is 12.5. The summed E-state index contributed by atoms with van der Waals surface area (Å²) < 4.78 is 0. The van der Waals surface area contributed by atoms with Crippen molar-refractivity contribution < 1.29 is 9.90 Å². The van der Waals surface area contributed by atoms with E-state index in [4.69, 9.17) is 5.11 Å². The minimum atomic E-state index is -0.852. The minimum absolute atomic E-state index is 0.384. The Morgan fingerprint density at radius 3 is 3.00 bits per heavy atom. The fourth-order valence-corrected chi connectivity index (χ4v) is 2.60. The van der Waals surface area contributed by atoms with E-state index < -0.39 is 5.97 Å². The molecule has 0 spiro atoms. The molecule has 0 aliphatic carbocycles. The zero-order valence-corrected chi connectivity index (χ0v) is 10.5. The van der Waals surface area contributed by atoms with Crippen molar-refractivity contribution >= 4 is 29.1 Å². The highest BCUT2D eigenvalue weighted by Crippen LogP contribution is 2.14. The highest BCUT2D eigenvalue weighted by molar-refractivity contribution is 7.98. The Bertz CT molecular complexity index is 325. The lowest BCUT2D eigenvalue weighted by molar-refractivity contribution is 0.0697. The first-order chi connectivity index (χ1) is 7.13. The highest BCUT2D eigenvalue weighted by atomic mass is 32.2. The third kappa shape index (κ3) is 4.24. The molecule has 1 rings (SSSR count). The summed E-state index contributed by atoms with van der Waals surface area (Å²) in [5, 5.41) is 13.8. The zero-order valence-electron chi connectivity index (χ0n) is 8.82. The maximum Gasteiger partial charge on any atom is 0.336 e. The van der Waals surface area contributed by atoms with Crippen LogP contribution in [0.5, 0.6) is 0 Å². The fourth-order valence-electron chi connectivity index (χ4n) is 1.17. The molecule has 1 unspecified atom stereocenters. The van der Waals surface area contributed by atoms with E-state index in [0.29, 0.717) is 11.6 Å². The molecular formula is C10H15NO2S2. The van der Waals surface area contributed by atoms with Crippen molar-refractivity contribution in [1.82, 2.24) is 5.32 Å². The number of thioether (sulfide) groups is 1. The van der Waals surface area contributed by atoms with Gasteiger partial charge in [-0.15, -0.1) is 11.3 Å². The third-order valence-electron chi connectivity index (χ3n) is 1.94. The summed E-state index contributed by atoms with van der Waals surface area (Å²) in [7, 11) is 0. The van der Waals surface area contributed by atoms with Crippen LogP contribution in [0.2, 0.25) is 0 Å². The Hall–Kier alpha value is -0.520. The smallest absolute Gasteiger partial charge is 0.336 e. The molecule has 0 aliphatic heterocycles. The molecule has 0 amide bonds. The number of hydrogen-bond acceptors (Lipinski definition) is 4. The molecule has 1 heterocycles. The quantitative estimate of drug-likeness (QED) is 0.807. The molecule has 1 aromatic rings. The summed E-state index contributed by atoms with van der Waals surface area (Å²) in [6, 6.07) is 2.18. The van der Waals surface area contributed by atoms with Crippen molar-refractivity contribution in [3.8, 4) is 0 Å². The summed E-state index contributed by atoms with van der Waals surface area (Å²) in [4.78, 5) is 11.7. The number of aromatic carboxylic acids is 1. The predicted molar refractivity (Wildman–Crippen MR) is 66.0 cm³/mol. The van der Waals surface area contributed by atoms with E-state index in [1.165, 1.54) is 11.3 Å². The van der Waals surface area contributed by atoms with Gasteiger partial charge in [-0.25, -0.2) is 4.79 Å². The second-order valence-electron chi connectivity index (χ2n) is 3.34. The minimum Gasteiger partial charge on any atom is -0.478 e. The first-order valence-corrected chi connectivity index (χ1v) is 6.94. The van der Waals surface area contributed by atoms with Gasteiger partial charge in [0.05, 0.1) is 5.56 Å². The van der Waals surface area contributed by atoms with Crippen LogP contribution >= 0.6 is 23.1 Å². The van der Waals surface area contributed by atoms with E-state index >= 15 is 0 Å². The number of nitrogens with one attached hydrogen (secondary N) is 1. The molecule has 0 radical (unpaired) electrons. The Kier molecular flexibility index (Phi) is 5.14. The van der Waals surface area contributed by atoms with Crippen LogP contribution in [0, 0.1) is 0 Å². The van der Waals surface area contributed by atoms with Crippen molar-refractivity contribution in [2.75, 3.05) is 12.0 Å². The van der Waals surface area contributed by atoms with Crippen LogP contribution in [0.3, 0.4) is 0 Å². The van der Waals surface area contributed by atoms with E-state index in [1.807, 2.05) is 0 Å². The number of carbonyl (C=O) groups is 1. The van der Waals surface area contributed by atoms with Gasteiger partial charge in [0.25, 0.3) is 0 Å². The molecule has 0 saturated heterocycles. The van der Waals surface area contributed by atoms with Crippen LogP contribution in [0.15, 0.2) is 11.4 Å². The second kappa shape index (κ2) is 6.15. The molecule has 0 fully saturated rings. The lowest BCUT2D eigenvalue weighted by Gasteiger charge is -2.10. The van der Waals surface area contributed by atoms with Gasteiger partial charge in [0.15, 0.2) is 0 Å². The Balaban J connectivity index is 2.40. The van der Waals surface area contributed by atoms with Crippen LogP contribution in [-0.2, 0) is 6.54 Å². The molecule has 5 heteroatoms. The van der Waals surface area contributed by atoms with Crippen molar-refractivity contribution in [2.45, 2.75) is 19.5 Å². The maximum atomic E-state index is 10.6. The van der Waals surface area contributed by atoms with E-state index in [2.05, 4.69) is 18.5 Å². The topological polar surface area (TPSA) is 49.3 Å². The molecule has 0 aliphatic rings. The lowest BCUT2D eigenvalue weighted by atomic mass is 10.3. The van der Waals surface area contributed by atoms with Gasteiger partial charge < -0.3 is 10.4 Å². The fraction of sp³-hybridized carbons (Fsp3) is 0.500. The predicted octanol–water partition coefficient (Wildman–Crippen LogP) is 2.29. The first-order valence-electron chi connectivity index (χ1n) is 4.66. The van der Waals surface area contributed by atoms with Gasteiger partial charge >= 0.3 is 5.97 Å². The Morgan fingerprint density at radius 1 is 1.73 bits per heavy atom. The molecule has 84 valence electrons. The van der Waals surface area contributed by atoms with Gasteiger partial charge in [-0.2, -0.15) is 11.8 Å². The average molecular weight is 245 g/mol. The molecule has 1 aromatic heterocycles. The standard InChI is InChI=1S/C10H15NO2S2/c1-7(5-14-2)11-4-9-3-8(6-15-9)10(12)13/h3,6-7,11H,4-5H2,1-2H3,(H,12,13).